The van der Waals surface area contributed by atoms with Crippen LogP contribution in [-0.2, 0) is 4.84 Å². The van der Waals surface area contributed by atoms with Gasteiger partial charge >= 0.3 is 0 Å². The Morgan fingerprint density at radius 1 is 1.60 bits per heavy atom. The van der Waals surface area contributed by atoms with Gasteiger partial charge in [0.2, 0.25) is 0 Å². The quantitative estimate of drug-likeness (QED) is 0.567. The van der Waals surface area contributed by atoms with Crippen molar-refractivity contribution in [2.45, 2.75) is 0 Å². The summed E-state index contributed by atoms with van der Waals surface area (Å²) in [7, 11) is 1.50. The van der Waals surface area contributed by atoms with Gasteiger partial charge in [-0.15, -0.1) is 0 Å². The Labute approximate surface area is 58.2 Å². The van der Waals surface area contributed by atoms with Crippen LogP contribution >= 0.6 is 0 Å². The smallest absolute Gasteiger partial charge is 0.155 e. The molecular formula is C5H8N4O. The second-order valence-corrected chi connectivity index (χ2v) is 1.63. The van der Waals surface area contributed by atoms with Gasteiger partial charge in [-0.05, 0) is 0 Å². The fraction of sp³-hybridized carbons (Fsp3) is 0.200. The molecule has 1 aromatic heterocycles. The molecule has 0 atom stereocenters. The van der Waals surface area contributed by atoms with E-state index in [1.165, 1.54) is 13.4 Å². The molecular weight excluding hydrogens is 132 g/mol. The van der Waals surface area contributed by atoms with Crippen molar-refractivity contribution in [3.05, 3.63) is 12.4 Å². The maximum Gasteiger partial charge on any atom is 0.155 e. The Balaban J connectivity index is 2.75. The van der Waals surface area contributed by atoms with E-state index in [4.69, 9.17) is 5.73 Å². The van der Waals surface area contributed by atoms with Crippen molar-refractivity contribution >= 4 is 11.6 Å². The Kier molecular flexibility index (Phi) is 2.01. The Morgan fingerprint density at radius 2 is 2.40 bits per heavy atom. The van der Waals surface area contributed by atoms with E-state index in [9.17, 15) is 0 Å². The maximum atomic E-state index is 5.34. The van der Waals surface area contributed by atoms with E-state index >= 15 is 0 Å². The van der Waals surface area contributed by atoms with Crippen LogP contribution in [0.25, 0.3) is 0 Å². The zero-order chi connectivity index (χ0) is 7.40. The van der Waals surface area contributed by atoms with Crippen molar-refractivity contribution < 1.29 is 4.84 Å². The monoisotopic (exact) mass is 140 g/mol. The van der Waals surface area contributed by atoms with Crippen molar-refractivity contribution in [1.29, 1.82) is 0 Å². The largest absolute Gasteiger partial charge is 0.384 e. The molecule has 0 aromatic carbocycles. The molecule has 0 spiro atoms. The molecule has 0 amide bonds. The molecule has 5 nitrogen and oxygen atoms in total. The van der Waals surface area contributed by atoms with Crippen LogP contribution in [0.4, 0.5) is 11.6 Å². The van der Waals surface area contributed by atoms with Crippen molar-refractivity contribution in [2.24, 2.45) is 0 Å². The van der Waals surface area contributed by atoms with Crippen LogP contribution in [0.1, 0.15) is 0 Å². The number of nitrogens with two attached hydrogens (primary N) is 1. The molecule has 0 saturated heterocycles. The molecule has 1 aromatic rings. The number of hydrogen-bond donors (Lipinski definition) is 2. The predicted octanol–water partition coefficient (Wildman–Crippen LogP) is 0.0321. The lowest BCUT2D eigenvalue weighted by atomic mass is 10.5. The fourth-order valence-electron chi connectivity index (χ4n) is 0.533. The fourth-order valence-corrected chi connectivity index (χ4v) is 0.533. The summed E-state index contributed by atoms with van der Waals surface area (Å²) < 4.78 is 0. The number of nitrogens with one attached hydrogen (secondary N) is 1. The van der Waals surface area contributed by atoms with Crippen molar-refractivity contribution in [3.63, 3.8) is 0 Å². The summed E-state index contributed by atoms with van der Waals surface area (Å²) in [6.45, 7) is 0. The molecule has 5 heteroatoms. The first kappa shape index (κ1) is 6.76. The molecule has 0 aliphatic rings. The lowest BCUT2D eigenvalue weighted by Crippen LogP contribution is -2.00. The zero-order valence-corrected chi connectivity index (χ0v) is 5.53. The summed E-state index contributed by atoms with van der Waals surface area (Å²) in [5.41, 5.74) is 7.86. The minimum atomic E-state index is 0.412. The van der Waals surface area contributed by atoms with Gasteiger partial charge in [-0.25, -0.2) is 15.4 Å². The number of aromatic nitrogens is 2. The van der Waals surface area contributed by atoms with Crippen molar-refractivity contribution in [1.82, 2.24) is 9.97 Å². The maximum absolute atomic E-state index is 5.34. The molecule has 54 valence electrons. The van der Waals surface area contributed by atoms with Gasteiger partial charge in [-0.1, -0.05) is 0 Å². The molecule has 0 saturated carbocycles. The van der Waals surface area contributed by atoms with Gasteiger partial charge in [0.1, 0.15) is 12.1 Å². The highest BCUT2D eigenvalue weighted by Gasteiger charge is 1.91. The molecule has 0 radical (unpaired) electrons. The number of nitrogen functional groups attached to an aromatic ring is 1. The lowest BCUT2D eigenvalue weighted by Gasteiger charge is -1.99. The van der Waals surface area contributed by atoms with E-state index in [1.54, 1.807) is 6.07 Å². The van der Waals surface area contributed by atoms with Gasteiger partial charge in [0.15, 0.2) is 5.82 Å². The lowest BCUT2D eigenvalue weighted by molar-refractivity contribution is 0.269. The van der Waals surface area contributed by atoms with Gasteiger partial charge in [-0.3, -0.25) is 4.84 Å². The topological polar surface area (TPSA) is 73.1 Å². The highest BCUT2D eigenvalue weighted by molar-refractivity contribution is 5.41. The Bertz CT molecular complexity index is 215. The minimum absolute atomic E-state index is 0.412. The summed E-state index contributed by atoms with van der Waals surface area (Å²) in [6, 6.07) is 1.57. The third-order valence-electron chi connectivity index (χ3n) is 0.895. The molecule has 0 aliphatic carbocycles. The van der Waals surface area contributed by atoms with E-state index < -0.39 is 0 Å². The summed E-state index contributed by atoms with van der Waals surface area (Å²) >= 11 is 0. The molecule has 3 N–H and O–H groups in total. The second kappa shape index (κ2) is 2.98. The standard InChI is InChI=1S/C5H8N4O/c1-10-9-5-2-4(6)7-3-8-5/h2-3H,1H3,(H3,6,7,8,9). The number of rotatable bonds is 2. The van der Waals surface area contributed by atoms with Crippen LogP contribution in [0.2, 0.25) is 0 Å². The van der Waals surface area contributed by atoms with E-state index in [-0.39, 0.29) is 0 Å². The SMILES string of the molecule is CONc1cc(N)ncn1. The van der Waals surface area contributed by atoms with Gasteiger partial charge in [0.05, 0.1) is 7.11 Å². The van der Waals surface area contributed by atoms with Crippen LogP contribution in [0, 0.1) is 0 Å². The normalized spacial score (nSPS) is 9.30. The molecule has 0 bridgehead atoms. The minimum Gasteiger partial charge on any atom is -0.384 e. The second-order valence-electron chi connectivity index (χ2n) is 1.63. The molecule has 1 rings (SSSR count). The summed E-state index contributed by atoms with van der Waals surface area (Å²) in [4.78, 5) is 12.1. The van der Waals surface area contributed by atoms with E-state index in [2.05, 4.69) is 20.3 Å². The molecule has 0 unspecified atom stereocenters. The van der Waals surface area contributed by atoms with Crippen LogP contribution in [0.15, 0.2) is 12.4 Å². The van der Waals surface area contributed by atoms with Crippen LogP contribution in [-0.4, -0.2) is 17.1 Å². The summed E-state index contributed by atoms with van der Waals surface area (Å²) in [5, 5.41) is 0. The van der Waals surface area contributed by atoms with Crippen LogP contribution in [0.3, 0.4) is 0 Å². The third-order valence-corrected chi connectivity index (χ3v) is 0.895. The van der Waals surface area contributed by atoms with Crippen LogP contribution < -0.4 is 11.2 Å². The van der Waals surface area contributed by atoms with Crippen LogP contribution in [0.5, 0.6) is 0 Å². The number of anilines is 2. The Hall–Kier alpha value is -1.36. The van der Waals surface area contributed by atoms with Gasteiger partial charge in [0.25, 0.3) is 0 Å². The molecule has 10 heavy (non-hydrogen) atoms. The average Bonchev–Trinajstić information content (AvgIpc) is 1.88. The first-order valence-corrected chi connectivity index (χ1v) is 2.69. The number of nitrogens with zero attached hydrogens (tertiary/aromatic N) is 2. The van der Waals surface area contributed by atoms with E-state index in [0.29, 0.717) is 11.6 Å². The highest BCUT2D eigenvalue weighted by atomic mass is 16.6. The molecule has 0 aliphatic heterocycles. The summed E-state index contributed by atoms with van der Waals surface area (Å²) in [5.74, 6) is 0.963. The van der Waals surface area contributed by atoms with E-state index in [1.807, 2.05) is 0 Å². The highest BCUT2D eigenvalue weighted by Crippen LogP contribution is 2.03. The van der Waals surface area contributed by atoms with Crippen molar-refractivity contribution in [3.8, 4) is 0 Å². The average molecular weight is 140 g/mol. The first-order chi connectivity index (χ1) is 4.83. The third kappa shape index (κ3) is 1.56. The number of hydrogen-bond acceptors (Lipinski definition) is 5. The zero-order valence-electron chi connectivity index (χ0n) is 5.53. The Morgan fingerprint density at radius 3 is 3.00 bits per heavy atom. The van der Waals surface area contributed by atoms with Gasteiger partial charge in [0, 0.05) is 6.07 Å². The first-order valence-electron chi connectivity index (χ1n) is 2.69. The molecule has 0 fully saturated rings. The van der Waals surface area contributed by atoms with E-state index in [0.717, 1.165) is 0 Å². The van der Waals surface area contributed by atoms with Crippen molar-refractivity contribution in [2.75, 3.05) is 18.3 Å². The van der Waals surface area contributed by atoms with Gasteiger partial charge in [-0.2, -0.15) is 0 Å². The molecule has 1 heterocycles. The van der Waals surface area contributed by atoms with Gasteiger partial charge < -0.3 is 5.73 Å². The summed E-state index contributed by atoms with van der Waals surface area (Å²) in [6.07, 6.45) is 1.36. The predicted molar refractivity (Wildman–Crippen MR) is 37.1 cm³/mol.